The molecule has 2 heterocycles. The van der Waals surface area contributed by atoms with Gasteiger partial charge in [0.2, 0.25) is 0 Å². The average Bonchev–Trinajstić information content (AvgIpc) is 2.99. The van der Waals surface area contributed by atoms with Crippen molar-refractivity contribution in [2.45, 2.75) is 6.54 Å². The minimum Gasteiger partial charge on any atom is -0.497 e. The number of hydrogen-bond acceptors (Lipinski definition) is 4. The molecule has 2 aromatic heterocycles. The minimum absolute atomic E-state index is 0.714. The summed E-state index contributed by atoms with van der Waals surface area (Å²) in [4.78, 5) is 8.46. The predicted octanol–water partition coefficient (Wildman–Crippen LogP) is 3.21. The molecule has 92 valence electrons. The molecule has 0 unspecified atom stereocenters. The third-order valence-corrected chi connectivity index (χ3v) is 3.87. The average molecular weight is 277 g/mol. The van der Waals surface area contributed by atoms with E-state index < -0.39 is 0 Å². The van der Waals surface area contributed by atoms with E-state index in [1.807, 2.05) is 29.9 Å². The van der Waals surface area contributed by atoms with Crippen molar-refractivity contribution in [3.63, 3.8) is 0 Å². The third-order valence-electron chi connectivity index (χ3n) is 2.78. The van der Waals surface area contributed by atoms with Crippen molar-refractivity contribution in [2.75, 3.05) is 7.11 Å². The van der Waals surface area contributed by atoms with Crippen LogP contribution in [0.25, 0.3) is 11.0 Å². The van der Waals surface area contributed by atoms with Gasteiger partial charge in [0, 0.05) is 17.1 Å². The van der Waals surface area contributed by atoms with Crippen LogP contribution in [0.3, 0.4) is 0 Å². The molecule has 0 spiro atoms. The highest BCUT2D eigenvalue weighted by molar-refractivity contribution is 7.71. The Morgan fingerprint density at radius 3 is 3.11 bits per heavy atom. The predicted molar refractivity (Wildman–Crippen MR) is 74.9 cm³/mol. The van der Waals surface area contributed by atoms with Crippen LogP contribution in [0.15, 0.2) is 29.9 Å². The molecule has 0 bridgehead atoms. The molecular weight excluding hydrogens is 266 g/mol. The lowest BCUT2D eigenvalue weighted by Gasteiger charge is -2.03. The van der Waals surface area contributed by atoms with Gasteiger partial charge in [-0.2, -0.15) is 0 Å². The van der Waals surface area contributed by atoms with Gasteiger partial charge in [-0.3, -0.25) is 4.98 Å². The highest BCUT2D eigenvalue weighted by Gasteiger charge is 2.07. The molecule has 0 saturated carbocycles. The Bertz CT molecular complexity index is 727. The number of aromatic amines is 1. The Hall–Kier alpha value is -1.66. The molecule has 0 aliphatic rings. The van der Waals surface area contributed by atoms with Gasteiger partial charge in [0.1, 0.15) is 5.75 Å². The van der Waals surface area contributed by atoms with E-state index in [9.17, 15) is 0 Å². The van der Waals surface area contributed by atoms with Gasteiger partial charge < -0.3 is 14.3 Å². The van der Waals surface area contributed by atoms with Crippen molar-refractivity contribution >= 4 is 34.6 Å². The summed E-state index contributed by atoms with van der Waals surface area (Å²) in [5, 5.41) is 0. The molecule has 0 saturated heterocycles. The molecule has 0 fully saturated rings. The van der Waals surface area contributed by atoms with Gasteiger partial charge in [-0.05, 0) is 24.4 Å². The van der Waals surface area contributed by atoms with E-state index in [-0.39, 0.29) is 0 Å². The second-order valence-corrected chi connectivity index (χ2v) is 5.22. The van der Waals surface area contributed by atoms with E-state index in [2.05, 4.69) is 14.5 Å². The number of methoxy groups -OCH3 is 1. The van der Waals surface area contributed by atoms with Crippen molar-refractivity contribution < 1.29 is 4.74 Å². The number of imidazole rings is 1. The first-order valence-electron chi connectivity index (χ1n) is 5.42. The highest BCUT2D eigenvalue weighted by Crippen LogP contribution is 2.22. The smallest absolute Gasteiger partial charge is 0.178 e. The van der Waals surface area contributed by atoms with Crippen molar-refractivity contribution in [1.29, 1.82) is 0 Å². The van der Waals surface area contributed by atoms with Gasteiger partial charge in [-0.1, -0.05) is 0 Å². The Morgan fingerprint density at radius 1 is 1.50 bits per heavy atom. The Balaban J connectivity index is 2.14. The number of thiazole rings is 1. The van der Waals surface area contributed by atoms with Crippen LogP contribution < -0.4 is 4.74 Å². The van der Waals surface area contributed by atoms with Crippen molar-refractivity contribution in [3.05, 3.63) is 39.6 Å². The lowest BCUT2D eigenvalue weighted by Crippen LogP contribution is -1.97. The first-order valence-corrected chi connectivity index (χ1v) is 6.70. The third kappa shape index (κ3) is 1.93. The maximum absolute atomic E-state index is 5.36. The fraction of sp³-hybridized carbons (Fsp3) is 0.167. The van der Waals surface area contributed by atoms with Crippen LogP contribution >= 0.6 is 23.6 Å². The zero-order valence-electron chi connectivity index (χ0n) is 9.71. The molecule has 0 amide bonds. The maximum atomic E-state index is 5.36. The van der Waals surface area contributed by atoms with Gasteiger partial charge in [0.05, 0.1) is 30.2 Å². The number of hydrogen-bond donors (Lipinski definition) is 1. The zero-order chi connectivity index (χ0) is 12.5. The van der Waals surface area contributed by atoms with E-state index in [1.54, 1.807) is 18.4 Å². The summed E-state index contributed by atoms with van der Waals surface area (Å²) in [6.07, 6.45) is 1.87. The summed E-state index contributed by atoms with van der Waals surface area (Å²) in [5.74, 6) is 0.828. The highest BCUT2D eigenvalue weighted by atomic mass is 32.1. The number of nitrogens with one attached hydrogen (secondary N) is 1. The summed E-state index contributed by atoms with van der Waals surface area (Å²) < 4.78 is 8.02. The molecule has 6 heteroatoms. The first-order chi connectivity index (χ1) is 8.78. The first kappa shape index (κ1) is 11.4. The number of rotatable bonds is 3. The monoisotopic (exact) mass is 277 g/mol. The van der Waals surface area contributed by atoms with Crippen LogP contribution in [-0.2, 0) is 6.54 Å². The number of aromatic nitrogens is 3. The number of ether oxygens (including phenoxy) is 1. The molecule has 3 aromatic rings. The Labute approximate surface area is 113 Å². The Morgan fingerprint density at radius 2 is 2.39 bits per heavy atom. The van der Waals surface area contributed by atoms with Crippen LogP contribution in [-0.4, -0.2) is 21.6 Å². The van der Waals surface area contributed by atoms with Gasteiger partial charge in [0.15, 0.2) is 4.77 Å². The SMILES string of the molecule is COc1ccc2[nH]c(=S)n(Cc3cncs3)c2c1. The maximum Gasteiger partial charge on any atom is 0.178 e. The van der Waals surface area contributed by atoms with Gasteiger partial charge in [0.25, 0.3) is 0 Å². The van der Waals surface area contributed by atoms with E-state index in [0.29, 0.717) is 4.77 Å². The number of benzene rings is 1. The van der Waals surface area contributed by atoms with Gasteiger partial charge in [-0.15, -0.1) is 11.3 Å². The molecule has 18 heavy (non-hydrogen) atoms. The fourth-order valence-corrected chi connectivity index (χ4v) is 2.75. The summed E-state index contributed by atoms with van der Waals surface area (Å²) in [7, 11) is 1.66. The summed E-state index contributed by atoms with van der Waals surface area (Å²) >= 11 is 6.98. The van der Waals surface area contributed by atoms with E-state index in [1.165, 1.54) is 4.88 Å². The van der Waals surface area contributed by atoms with E-state index in [4.69, 9.17) is 17.0 Å². The van der Waals surface area contributed by atoms with Crippen LogP contribution in [0, 0.1) is 4.77 Å². The second kappa shape index (κ2) is 4.55. The molecular formula is C12H11N3OS2. The van der Waals surface area contributed by atoms with Crippen LogP contribution in [0.1, 0.15) is 4.88 Å². The van der Waals surface area contributed by atoms with Gasteiger partial charge in [-0.25, -0.2) is 0 Å². The quantitative estimate of drug-likeness (QED) is 0.748. The minimum atomic E-state index is 0.714. The molecule has 0 aliphatic heterocycles. The fourth-order valence-electron chi connectivity index (χ4n) is 1.89. The summed E-state index contributed by atoms with van der Waals surface area (Å²) in [6, 6.07) is 5.89. The molecule has 1 aromatic carbocycles. The van der Waals surface area contributed by atoms with Crippen molar-refractivity contribution in [2.24, 2.45) is 0 Å². The number of H-pyrrole nitrogens is 1. The van der Waals surface area contributed by atoms with Crippen molar-refractivity contribution in [3.8, 4) is 5.75 Å². The van der Waals surface area contributed by atoms with E-state index in [0.717, 1.165) is 23.3 Å². The molecule has 0 atom stereocenters. The largest absolute Gasteiger partial charge is 0.497 e. The summed E-state index contributed by atoms with van der Waals surface area (Å²) in [6.45, 7) is 0.733. The lowest BCUT2D eigenvalue weighted by molar-refractivity contribution is 0.415. The van der Waals surface area contributed by atoms with Crippen molar-refractivity contribution in [1.82, 2.24) is 14.5 Å². The Kier molecular flexibility index (Phi) is 2.89. The molecule has 4 nitrogen and oxygen atoms in total. The number of nitrogens with zero attached hydrogens (tertiary/aromatic N) is 2. The topological polar surface area (TPSA) is 42.8 Å². The zero-order valence-corrected chi connectivity index (χ0v) is 11.3. The van der Waals surface area contributed by atoms with E-state index >= 15 is 0 Å². The molecule has 0 radical (unpaired) electrons. The van der Waals surface area contributed by atoms with Crippen LogP contribution in [0.2, 0.25) is 0 Å². The lowest BCUT2D eigenvalue weighted by atomic mass is 10.3. The molecule has 0 aliphatic carbocycles. The normalized spacial score (nSPS) is 10.9. The number of fused-ring (bicyclic) bond motifs is 1. The second-order valence-electron chi connectivity index (χ2n) is 3.87. The molecule has 1 N–H and O–H groups in total. The summed E-state index contributed by atoms with van der Waals surface area (Å²) in [5.41, 5.74) is 3.90. The van der Waals surface area contributed by atoms with Gasteiger partial charge >= 0.3 is 0 Å². The molecule has 3 rings (SSSR count). The standard InChI is InChI=1S/C12H11N3OS2/c1-16-8-2-3-10-11(4-8)15(12(17)14-10)6-9-5-13-7-18-9/h2-5,7H,6H2,1H3,(H,14,17). The van der Waals surface area contributed by atoms with Crippen LogP contribution in [0.4, 0.5) is 0 Å². The van der Waals surface area contributed by atoms with Crippen LogP contribution in [0.5, 0.6) is 5.75 Å².